The summed E-state index contributed by atoms with van der Waals surface area (Å²) in [5.41, 5.74) is 6.61. The Kier molecular flexibility index (Phi) is 7.37. The molecule has 2 atom stereocenters. The number of hydrogen-bond acceptors (Lipinski definition) is 5. The number of carbonyl (C=O) groups is 1. The van der Waals surface area contributed by atoms with Crippen LogP contribution in [0.4, 0.5) is 5.82 Å². The van der Waals surface area contributed by atoms with Crippen LogP contribution in [0.15, 0.2) is 42.5 Å². The normalized spacial score (nSPS) is 18.6. The van der Waals surface area contributed by atoms with E-state index in [9.17, 15) is 9.90 Å². The van der Waals surface area contributed by atoms with Crippen molar-refractivity contribution < 1.29 is 9.90 Å². The summed E-state index contributed by atoms with van der Waals surface area (Å²) in [6, 6.07) is 14.7. The van der Waals surface area contributed by atoms with Gasteiger partial charge in [0.25, 0.3) is 0 Å². The van der Waals surface area contributed by atoms with Crippen LogP contribution < -0.4 is 5.32 Å². The average molecular weight is 488 g/mol. The van der Waals surface area contributed by atoms with E-state index in [0.29, 0.717) is 5.92 Å². The number of carboxylic acids is 1. The van der Waals surface area contributed by atoms with Crippen LogP contribution in [0.5, 0.6) is 0 Å². The molecule has 0 bridgehead atoms. The van der Waals surface area contributed by atoms with Gasteiger partial charge in [-0.3, -0.25) is 4.79 Å². The molecule has 3 aromatic rings. The fourth-order valence-electron chi connectivity index (χ4n) is 5.79. The number of hydrogen-bond donors (Lipinski definition) is 2. The molecule has 7 heteroatoms. The van der Waals surface area contributed by atoms with Gasteiger partial charge in [-0.2, -0.15) is 5.10 Å². The molecule has 1 aromatic carbocycles. The Bertz CT molecular complexity index is 1220. The minimum atomic E-state index is -0.751. The SMILES string of the molecule is Cc1cc(C)n(-c2cccc(C(CC(=O)O)CN3CCC(CCc4ccc5c(n4)NCCC5)C3)c2)n1. The monoisotopic (exact) mass is 487 g/mol. The Balaban J connectivity index is 1.21. The lowest BCUT2D eigenvalue weighted by Gasteiger charge is -2.24. The van der Waals surface area contributed by atoms with E-state index in [1.165, 1.54) is 17.7 Å². The van der Waals surface area contributed by atoms with Gasteiger partial charge in [0, 0.05) is 36.9 Å². The van der Waals surface area contributed by atoms with Crippen LogP contribution in [0.2, 0.25) is 0 Å². The number of anilines is 1. The molecule has 36 heavy (non-hydrogen) atoms. The second-order valence-corrected chi connectivity index (χ2v) is 10.5. The zero-order valence-electron chi connectivity index (χ0n) is 21.4. The van der Waals surface area contributed by atoms with Crippen molar-refractivity contribution in [1.29, 1.82) is 0 Å². The summed E-state index contributed by atoms with van der Waals surface area (Å²) in [6.45, 7) is 7.87. The summed E-state index contributed by atoms with van der Waals surface area (Å²) in [7, 11) is 0. The Morgan fingerprint density at radius 2 is 2.11 bits per heavy atom. The molecule has 190 valence electrons. The average Bonchev–Trinajstić information content (AvgIpc) is 3.47. The molecular formula is C29H37N5O2. The lowest BCUT2D eigenvalue weighted by molar-refractivity contribution is -0.137. The maximum absolute atomic E-state index is 11.7. The molecule has 0 radical (unpaired) electrons. The van der Waals surface area contributed by atoms with E-state index in [-0.39, 0.29) is 12.3 Å². The van der Waals surface area contributed by atoms with Gasteiger partial charge in [0.1, 0.15) is 5.82 Å². The fourth-order valence-corrected chi connectivity index (χ4v) is 5.79. The van der Waals surface area contributed by atoms with Gasteiger partial charge < -0.3 is 15.3 Å². The molecular weight excluding hydrogens is 450 g/mol. The van der Waals surface area contributed by atoms with E-state index >= 15 is 0 Å². The van der Waals surface area contributed by atoms with Crippen molar-refractivity contribution in [3.63, 3.8) is 0 Å². The number of aromatic nitrogens is 3. The summed E-state index contributed by atoms with van der Waals surface area (Å²) >= 11 is 0. The largest absolute Gasteiger partial charge is 0.481 e. The summed E-state index contributed by atoms with van der Waals surface area (Å²) in [5, 5.41) is 17.7. The van der Waals surface area contributed by atoms with Gasteiger partial charge in [0.15, 0.2) is 0 Å². The van der Waals surface area contributed by atoms with Crippen LogP contribution in [0, 0.1) is 19.8 Å². The van der Waals surface area contributed by atoms with Crippen LogP contribution >= 0.6 is 0 Å². The second kappa shape index (κ2) is 10.8. The van der Waals surface area contributed by atoms with E-state index in [4.69, 9.17) is 4.98 Å². The number of aliphatic carboxylic acids is 1. The van der Waals surface area contributed by atoms with Gasteiger partial charge in [0.2, 0.25) is 0 Å². The summed E-state index contributed by atoms with van der Waals surface area (Å²) in [6.07, 6.45) is 5.72. The first kappa shape index (κ1) is 24.5. The number of nitrogens with one attached hydrogen (secondary N) is 1. The smallest absolute Gasteiger partial charge is 0.304 e. The minimum Gasteiger partial charge on any atom is -0.481 e. The molecule has 1 fully saturated rings. The highest BCUT2D eigenvalue weighted by atomic mass is 16.4. The predicted octanol–water partition coefficient (Wildman–Crippen LogP) is 4.76. The minimum absolute atomic E-state index is 0.0495. The van der Waals surface area contributed by atoms with Gasteiger partial charge in [-0.1, -0.05) is 18.2 Å². The first-order valence-corrected chi connectivity index (χ1v) is 13.2. The highest BCUT2D eigenvalue weighted by Gasteiger charge is 2.27. The number of aryl methyl sites for hydroxylation is 4. The summed E-state index contributed by atoms with van der Waals surface area (Å²) in [5.74, 6) is 0.902. The van der Waals surface area contributed by atoms with Crippen LogP contribution in [0.1, 0.15) is 59.8 Å². The van der Waals surface area contributed by atoms with Crippen LogP contribution in [-0.2, 0) is 17.6 Å². The third-order valence-electron chi connectivity index (χ3n) is 7.63. The molecule has 1 saturated heterocycles. The molecule has 4 heterocycles. The van der Waals surface area contributed by atoms with E-state index in [2.05, 4.69) is 45.6 Å². The van der Waals surface area contributed by atoms with Crippen molar-refractivity contribution in [3.05, 3.63) is 70.7 Å². The van der Waals surface area contributed by atoms with E-state index in [0.717, 1.165) is 80.3 Å². The number of rotatable bonds is 9. The first-order chi connectivity index (χ1) is 17.4. The molecule has 0 spiro atoms. The molecule has 2 aliphatic rings. The molecule has 2 aromatic heterocycles. The summed E-state index contributed by atoms with van der Waals surface area (Å²) < 4.78 is 1.94. The van der Waals surface area contributed by atoms with Crippen LogP contribution in [0.3, 0.4) is 0 Å². The number of nitrogens with zero attached hydrogens (tertiary/aromatic N) is 4. The van der Waals surface area contributed by atoms with Gasteiger partial charge in [0.05, 0.1) is 17.8 Å². The van der Waals surface area contributed by atoms with E-state index < -0.39 is 5.97 Å². The maximum atomic E-state index is 11.7. The molecule has 0 aliphatic carbocycles. The molecule has 2 unspecified atom stereocenters. The topological polar surface area (TPSA) is 83.3 Å². The molecule has 7 nitrogen and oxygen atoms in total. The highest BCUT2D eigenvalue weighted by molar-refractivity contribution is 5.68. The quantitative estimate of drug-likeness (QED) is 0.453. The van der Waals surface area contributed by atoms with Crippen molar-refractivity contribution in [2.24, 2.45) is 5.92 Å². The third kappa shape index (κ3) is 5.78. The zero-order chi connectivity index (χ0) is 25.1. The van der Waals surface area contributed by atoms with Crippen LogP contribution in [-0.4, -0.2) is 56.9 Å². The number of carboxylic acid groups (broad SMARTS) is 1. The van der Waals surface area contributed by atoms with Crippen molar-refractivity contribution in [2.75, 3.05) is 31.5 Å². The molecule has 2 aliphatic heterocycles. The molecule has 2 N–H and O–H groups in total. The maximum Gasteiger partial charge on any atom is 0.304 e. The van der Waals surface area contributed by atoms with Gasteiger partial charge in [-0.05, 0) is 93.8 Å². The molecule has 5 rings (SSSR count). The number of benzene rings is 1. The lowest BCUT2D eigenvalue weighted by Crippen LogP contribution is -2.28. The summed E-state index contributed by atoms with van der Waals surface area (Å²) in [4.78, 5) is 19.1. The van der Waals surface area contributed by atoms with Crippen molar-refractivity contribution in [3.8, 4) is 5.69 Å². The van der Waals surface area contributed by atoms with Gasteiger partial charge >= 0.3 is 5.97 Å². The van der Waals surface area contributed by atoms with Gasteiger partial charge in [-0.25, -0.2) is 9.67 Å². The number of likely N-dealkylation sites (tertiary alicyclic amines) is 1. The molecule has 0 amide bonds. The number of fused-ring (bicyclic) bond motifs is 1. The first-order valence-electron chi connectivity index (χ1n) is 13.2. The Labute approximate surface area is 213 Å². The van der Waals surface area contributed by atoms with Crippen molar-refractivity contribution in [1.82, 2.24) is 19.7 Å². The van der Waals surface area contributed by atoms with E-state index in [1.807, 2.05) is 30.7 Å². The van der Waals surface area contributed by atoms with Crippen molar-refractivity contribution in [2.45, 2.75) is 58.3 Å². The fraction of sp³-hybridized carbons (Fsp3) is 0.483. The second-order valence-electron chi connectivity index (χ2n) is 10.5. The Hall–Kier alpha value is -3.19. The van der Waals surface area contributed by atoms with Crippen LogP contribution in [0.25, 0.3) is 5.69 Å². The van der Waals surface area contributed by atoms with Gasteiger partial charge in [-0.15, -0.1) is 0 Å². The lowest BCUT2D eigenvalue weighted by atomic mass is 9.94. The Morgan fingerprint density at radius 3 is 2.92 bits per heavy atom. The Morgan fingerprint density at radius 1 is 1.22 bits per heavy atom. The highest BCUT2D eigenvalue weighted by Crippen LogP contribution is 2.29. The van der Waals surface area contributed by atoms with Crippen molar-refractivity contribution >= 4 is 11.8 Å². The zero-order valence-corrected chi connectivity index (χ0v) is 21.4. The third-order valence-corrected chi connectivity index (χ3v) is 7.63. The van der Waals surface area contributed by atoms with E-state index in [1.54, 1.807) is 0 Å². The predicted molar refractivity (Wildman–Crippen MR) is 142 cm³/mol. The standard InChI is InChI=1S/C29H37N5O2/c1-20-15-21(2)34(32-20)27-7-3-5-24(16-27)25(17-28(35)36)19-33-14-12-22(18-33)8-10-26-11-9-23-6-4-13-30-29(23)31-26/h3,5,7,9,11,15-16,22,25H,4,6,8,10,12-14,17-19H2,1-2H3,(H,30,31)(H,35,36). The molecule has 0 saturated carbocycles. The number of pyridine rings is 1.